The van der Waals surface area contributed by atoms with E-state index in [1.54, 1.807) is 0 Å². The monoisotopic (exact) mass is 379 g/mol. The highest BCUT2D eigenvalue weighted by molar-refractivity contribution is 6.30. The van der Waals surface area contributed by atoms with Gasteiger partial charge in [-0.05, 0) is 29.8 Å². The van der Waals surface area contributed by atoms with E-state index in [1.165, 1.54) is 6.07 Å². The number of rotatable bonds is 5. The first-order valence-electron chi connectivity index (χ1n) is 8.44. The molecule has 0 unspecified atom stereocenters. The maximum atomic E-state index is 13.6. The normalized spacial score (nSPS) is 15.8. The minimum atomic E-state index is -0.773. The van der Waals surface area contributed by atoms with E-state index in [9.17, 15) is 13.6 Å². The Hall–Kier alpha value is -2.02. The maximum Gasteiger partial charge on any atom is 0.238 e. The summed E-state index contributed by atoms with van der Waals surface area (Å²) in [7, 11) is 0. The van der Waals surface area contributed by atoms with E-state index in [1.807, 2.05) is 29.2 Å². The molecule has 1 amide bonds. The van der Waals surface area contributed by atoms with Crippen LogP contribution in [0.1, 0.15) is 5.56 Å². The summed E-state index contributed by atoms with van der Waals surface area (Å²) in [4.78, 5) is 16.3. The van der Waals surface area contributed by atoms with E-state index in [-0.39, 0.29) is 6.54 Å². The van der Waals surface area contributed by atoms with Gasteiger partial charge in [-0.2, -0.15) is 0 Å². The zero-order valence-electron chi connectivity index (χ0n) is 14.2. The van der Waals surface area contributed by atoms with Gasteiger partial charge < -0.3 is 5.32 Å². The zero-order chi connectivity index (χ0) is 18.5. The number of piperazine rings is 1. The van der Waals surface area contributed by atoms with Crippen molar-refractivity contribution in [2.75, 3.05) is 38.0 Å². The van der Waals surface area contributed by atoms with Crippen molar-refractivity contribution in [1.29, 1.82) is 0 Å². The summed E-state index contributed by atoms with van der Waals surface area (Å²) >= 11 is 6.01. The number of carbonyl (C=O) groups is 1. The van der Waals surface area contributed by atoms with Crippen LogP contribution in [0.5, 0.6) is 0 Å². The molecule has 0 radical (unpaired) electrons. The first-order valence-corrected chi connectivity index (χ1v) is 8.82. The fourth-order valence-corrected chi connectivity index (χ4v) is 3.21. The molecule has 0 atom stereocenters. The number of nitrogens with one attached hydrogen (secondary N) is 1. The van der Waals surface area contributed by atoms with Crippen molar-refractivity contribution >= 4 is 23.2 Å². The molecule has 0 aliphatic carbocycles. The Bertz CT molecular complexity index is 759. The summed E-state index contributed by atoms with van der Waals surface area (Å²) in [6, 6.07) is 11.3. The smallest absolute Gasteiger partial charge is 0.238 e. The molecule has 2 aromatic rings. The molecule has 2 aromatic carbocycles. The molecule has 3 rings (SSSR count). The van der Waals surface area contributed by atoms with E-state index in [2.05, 4.69) is 10.2 Å². The summed E-state index contributed by atoms with van der Waals surface area (Å²) < 4.78 is 27.2. The highest BCUT2D eigenvalue weighted by atomic mass is 35.5. The van der Waals surface area contributed by atoms with Gasteiger partial charge in [0.25, 0.3) is 0 Å². The Kier molecular flexibility index (Phi) is 6.19. The summed E-state index contributed by atoms with van der Waals surface area (Å²) in [6.07, 6.45) is 0. The number of halogens is 3. The summed E-state index contributed by atoms with van der Waals surface area (Å²) in [5.74, 6) is -1.97. The van der Waals surface area contributed by atoms with E-state index in [4.69, 9.17) is 11.6 Å². The van der Waals surface area contributed by atoms with Crippen LogP contribution in [0.2, 0.25) is 5.02 Å². The Morgan fingerprint density at radius 1 is 1.00 bits per heavy atom. The van der Waals surface area contributed by atoms with Gasteiger partial charge in [0.1, 0.15) is 17.3 Å². The third-order valence-electron chi connectivity index (χ3n) is 4.35. The predicted molar refractivity (Wildman–Crippen MR) is 98.2 cm³/mol. The lowest BCUT2D eigenvalue weighted by atomic mass is 10.2. The van der Waals surface area contributed by atoms with Gasteiger partial charge in [-0.3, -0.25) is 14.6 Å². The largest absolute Gasteiger partial charge is 0.320 e. The van der Waals surface area contributed by atoms with Crippen molar-refractivity contribution in [2.24, 2.45) is 0 Å². The number of amides is 1. The Labute approximate surface area is 156 Å². The second-order valence-electron chi connectivity index (χ2n) is 6.33. The average Bonchev–Trinajstić information content (AvgIpc) is 2.60. The van der Waals surface area contributed by atoms with Gasteiger partial charge >= 0.3 is 0 Å². The van der Waals surface area contributed by atoms with Gasteiger partial charge in [0.05, 0.1) is 6.54 Å². The van der Waals surface area contributed by atoms with Gasteiger partial charge in [0.2, 0.25) is 5.91 Å². The molecule has 138 valence electrons. The van der Waals surface area contributed by atoms with Gasteiger partial charge in [-0.15, -0.1) is 0 Å². The molecule has 0 aromatic heterocycles. The van der Waals surface area contributed by atoms with Gasteiger partial charge in [0.15, 0.2) is 0 Å². The molecule has 0 spiro atoms. The van der Waals surface area contributed by atoms with Crippen LogP contribution in [0.15, 0.2) is 42.5 Å². The lowest BCUT2D eigenvalue weighted by molar-refractivity contribution is -0.117. The molecule has 1 saturated heterocycles. The Morgan fingerprint density at radius 2 is 1.62 bits per heavy atom. The topological polar surface area (TPSA) is 35.6 Å². The minimum absolute atomic E-state index is 0.110. The van der Waals surface area contributed by atoms with Crippen molar-refractivity contribution in [3.8, 4) is 0 Å². The fourth-order valence-electron chi connectivity index (χ4n) is 3.00. The van der Waals surface area contributed by atoms with Crippen LogP contribution >= 0.6 is 11.6 Å². The molecule has 4 nitrogen and oxygen atoms in total. The second kappa shape index (κ2) is 8.58. The van der Waals surface area contributed by atoms with Crippen LogP contribution in [0.3, 0.4) is 0 Å². The number of para-hydroxylation sites is 1. The maximum absolute atomic E-state index is 13.6. The lowest BCUT2D eigenvalue weighted by Crippen LogP contribution is -2.48. The van der Waals surface area contributed by atoms with Gasteiger partial charge in [0, 0.05) is 37.7 Å². The van der Waals surface area contributed by atoms with Crippen molar-refractivity contribution in [1.82, 2.24) is 9.80 Å². The van der Waals surface area contributed by atoms with E-state index >= 15 is 0 Å². The number of anilines is 1. The molecule has 0 bridgehead atoms. The molecular formula is C19H20ClF2N3O. The Balaban J connectivity index is 1.47. The Morgan fingerprint density at radius 3 is 2.27 bits per heavy atom. The van der Waals surface area contributed by atoms with Crippen molar-refractivity contribution in [3.05, 3.63) is 64.7 Å². The number of benzene rings is 2. The molecule has 1 heterocycles. The van der Waals surface area contributed by atoms with Gasteiger partial charge in [-0.1, -0.05) is 29.8 Å². The summed E-state index contributed by atoms with van der Waals surface area (Å²) in [5, 5.41) is 3.04. The highest BCUT2D eigenvalue weighted by Crippen LogP contribution is 2.18. The molecule has 0 saturated carbocycles. The molecule has 1 fully saturated rings. The third kappa shape index (κ3) is 5.00. The summed E-state index contributed by atoms with van der Waals surface area (Å²) in [5.41, 5.74) is 0.760. The molecule has 1 N–H and O–H groups in total. The lowest BCUT2D eigenvalue weighted by Gasteiger charge is -2.34. The number of hydrogen-bond donors (Lipinski definition) is 1. The standard InChI is InChI=1S/C19H20ClF2N3O/c20-15-4-1-3-14(11-15)12-24-7-9-25(10-8-24)13-18(26)23-19-16(21)5-2-6-17(19)22/h1-6,11H,7-10,12-13H2,(H,23,26). The van der Waals surface area contributed by atoms with Gasteiger partial charge in [-0.25, -0.2) is 8.78 Å². The third-order valence-corrected chi connectivity index (χ3v) is 4.59. The van der Waals surface area contributed by atoms with Crippen molar-refractivity contribution < 1.29 is 13.6 Å². The quantitative estimate of drug-likeness (QED) is 0.865. The van der Waals surface area contributed by atoms with E-state index < -0.39 is 23.2 Å². The second-order valence-corrected chi connectivity index (χ2v) is 6.76. The van der Waals surface area contributed by atoms with E-state index in [0.717, 1.165) is 42.4 Å². The molecular weight excluding hydrogens is 360 g/mol. The summed E-state index contributed by atoms with van der Waals surface area (Å²) in [6.45, 7) is 3.98. The van der Waals surface area contributed by atoms with Crippen LogP contribution in [-0.2, 0) is 11.3 Å². The highest BCUT2D eigenvalue weighted by Gasteiger charge is 2.20. The molecule has 26 heavy (non-hydrogen) atoms. The minimum Gasteiger partial charge on any atom is -0.320 e. The molecule has 1 aliphatic heterocycles. The number of nitrogens with zero attached hydrogens (tertiary/aromatic N) is 2. The average molecular weight is 380 g/mol. The number of carbonyl (C=O) groups excluding carboxylic acids is 1. The fraction of sp³-hybridized carbons (Fsp3) is 0.316. The van der Waals surface area contributed by atoms with E-state index in [0.29, 0.717) is 13.1 Å². The zero-order valence-corrected chi connectivity index (χ0v) is 15.0. The molecule has 1 aliphatic rings. The van der Waals surface area contributed by atoms with Crippen LogP contribution in [0.4, 0.5) is 14.5 Å². The van der Waals surface area contributed by atoms with Crippen LogP contribution in [0, 0.1) is 11.6 Å². The first kappa shape index (κ1) is 18.8. The number of hydrogen-bond acceptors (Lipinski definition) is 3. The first-order chi connectivity index (χ1) is 12.5. The van der Waals surface area contributed by atoms with Crippen LogP contribution in [0.25, 0.3) is 0 Å². The van der Waals surface area contributed by atoms with Crippen LogP contribution in [-0.4, -0.2) is 48.4 Å². The molecule has 7 heteroatoms. The van der Waals surface area contributed by atoms with Crippen molar-refractivity contribution in [2.45, 2.75) is 6.54 Å². The van der Waals surface area contributed by atoms with Crippen LogP contribution < -0.4 is 5.32 Å². The predicted octanol–water partition coefficient (Wildman–Crippen LogP) is 3.37. The van der Waals surface area contributed by atoms with Crippen molar-refractivity contribution in [3.63, 3.8) is 0 Å². The SMILES string of the molecule is O=C(CN1CCN(Cc2cccc(Cl)c2)CC1)Nc1c(F)cccc1F.